The van der Waals surface area contributed by atoms with Gasteiger partial charge in [0, 0.05) is 31.4 Å². The number of hydrogen-bond donors (Lipinski definition) is 1. The first-order chi connectivity index (χ1) is 16.1. The highest BCUT2D eigenvalue weighted by molar-refractivity contribution is 8.02. The van der Waals surface area contributed by atoms with Crippen LogP contribution in [0.1, 0.15) is 47.0 Å². The Labute approximate surface area is 208 Å². The minimum atomic E-state index is -0.709. The number of thioether (sulfide) groups is 1. The number of likely N-dealkylation sites (tertiary alicyclic amines) is 1. The lowest BCUT2D eigenvalue weighted by atomic mass is 9.65. The molecular weight excluding hydrogens is 450 g/mol. The van der Waals surface area contributed by atoms with Crippen LogP contribution >= 0.6 is 11.8 Å². The molecule has 0 aliphatic carbocycles. The van der Waals surface area contributed by atoms with Crippen molar-refractivity contribution in [3.8, 4) is 0 Å². The summed E-state index contributed by atoms with van der Waals surface area (Å²) in [5.74, 6) is -1.26. The van der Waals surface area contributed by atoms with Crippen molar-refractivity contribution in [3.63, 3.8) is 0 Å². The van der Waals surface area contributed by atoms with Crippen LogP contribution < -0.4 is 0 Å². The first kappa shape index (κ1) is 26.8. The van der Waals surface area contributed by atoms with Gasteiger partial charge in [-0.15, -0.1) is 24.9 Å². The molecule has 3 fully saturated rings. The molecular formula is C26H41N3O4S. The van der Waals surface area contributed by atoms with Crippen molar-refractivity contribution >= 4 is 29.5 Å². The van der Waals surface area contributed by atoms with Gasteiger partial charge in [-0.05, 0) is 32.6 Å². The third kappa shape index (κ3) is 4.00. The molecule has 0 aromatic heterocycles. The van der Waals surface area contributed by atoms with Crippen molar-refractivity contribution in [3.05, 3.63) is 25.3 Å². The van der Waals surface area contributed by atoms with Crippen LogP contribution in [0.5, 0.6) is 0 Å². The first-order valence-corrected chi connectivity index (χ1v) is 13.4. The third-order valence-corrected chi connectivity index (χ3v) is 10.1. The van der Waals surface area contributed by atoms with Crippen molar-refractivity contribution in [1.29, 1.82) is 0 Å². The summed E-state index contributed by atoms with van der Waals surface area (Å²) in [4.78, 5) is 46.9. The Morgan fingerprint density at radius 2 is 1.91 bits per heavy atom. The van der Waals surface area contributed by atoms with E-state index >= 15 is 0 Å². The smallest absolute Gasteiger partial charge is 0.247 e. The second-order valence-electron chi connectivity index (χ2n) is 10.3. The van der Waals surface area contributed by atoms with Gasteiger partial charge in [-0.3, -0.25) is 14.4 Å². The Hall–Kier alpha value is -1.80. The molecule has 4 unspecified atom stereocenters. The van der Waals surface area contributed by atoms with E-state index in [1.807, 2.05) is 11.8 Å². The van der Waals surface area contributed by atoms with Gasteiger partial charge in [-0.2, -0.15) is 0 Å². The van der Waals surface area contributed by atoms with Gasteiger partial charge in [0.05, 0.1) is 29.2 Å². The Morgan fingerprint density at radius 1 is 1.26 bits per heavy atom. The van der Waals surface area contributed by atoms with Crippen LogP contribution in [0.15, 0.2) is 25.3 Å². The van der Waals surface area contributed by atoms with Crippen LogP contribution in [0.25, 0.3) is 0 Å². The van der Waals surface area contributed by atoms with Gasteiger partial charge in [0.25, 0.3) is 0 Å². The Morgan fingerprint density at radius 3 is 2.47 bits per heavy atom. The zero-order chi connectivity index (χ0) is 25.4. The zero-order valence-electron chi connectivity index (χ0n) is 21.3. The van der Waals surface area contributed by atoms with Crippen molar-refractivity contribution < 1.29 is 19.5 Å². The molecule has 0 saturated carbocycles. The van der Waals surface area contributed by atoms with Crippen LogP contribution in [0, 0.1) is 17.8 Å². The van der Waals surface area contributed by atoms with E-state index in [9.17, 15) is 19.5 Å². The summed E-state index contributed by atoms with van der Waals surface area (Å²) in [6, 6.07) is -1.22. The molecule has 8 atom stereocenters. The van der Waals surface area contributed by atoms with E-state index in [0.717, 1.165) is 19.3 Å². The molecule has 34 heavy (non-hydrogen) atoms. The molecule has 3 heterocycles. The summed E-state index contributed by atoms with van der Waals surface area (Å²) in [7, 11) is 1.74. The number of aliphatic hydroxyl groups is 1. The zero-order valence-corrected chi connectivity index (χ0v) is 22.1. The lowest BCUT2D eigenvalue weighted by Gasteiger charge is -2.43. The van der Waals surface area contributed by atoms with Gasteiger partial charge in [-0.25, -0.2) is 0 Å². The van der Waals surface area contributed by atoms with Gasteiger partial charge in [0.2, 0.25) is 17.7 Å². The lowest BCUT2D eigenvalue weighted by Crippen LogP contribution is -2.60. The van der Waals surface area contributed by atoms with Crippen molar-refractivity contribution in [2.45, 2.75) is 75.1 Å². The summed E-state index contributed by atoms with van der Waals surface area (Å²) < 4.78 is -0.678. The molecule has 8 heteroatoms. The van der Waals surface area contributed by atoms with Gasteiger partial charge < -0.3 is 19.8 Å². The molecule has 2 bridgehead atoms. The highest BCUT2D eigenvalue weighted by Gasteiger charge is 2.76. The van der Waals surface area contributed by atoms with E-state index in [4.69, 9.17) is 0 Å². The molecule has 3 rings (SSSR count). The van der Waals surface area contributed by atoms with Crippen molar-refractivity contribution in [2.75, 3.05) is 26.7 Å². The number of aliphatic hydroxyl groups excluding tert-OH is 1. The lowest BCUT2D eigenvalue weighted by molar-refractivity contribution is -0.147. The summed E-state index contributed by atoms with van der Waals surface area (Å²) in [5, 5.41) is 10.1. The fourth-order valence-electron chi connectivity index (χ4n) is 6.48. The molecule has 3 amide bonds. The van der Waals surface area contributed by atoms with E-state index in [2.05, 4.69) is 27.0 Å². The maximum absolute atomic E-state index is 14.3. The predicted octanol–water partition coefficient (Wildman–Crippen LogP) is 2.55. The SMILES string of the molecule is C=CCN(C)C(=O)[C@@H]1[C@H]2C(=O)N([C@H](C)CO)C(C(=O)N(CC=C)C(C)CCC)C23S[C@@H]1CC3C. The third-order valence-electron chi connectivity index (χ3n) is 8.07. The number of amides is 3. The summed E-state index contributed by atoms with van der Waals surface area (Å²) in [5.41, 5.74) is 0. The Kier molecular flexibility index (Phi) is 8.23. The van der Waals surface area contributed by atoms with Crippen LogP contribution in [0.2, 0.25) is 0 Å². The molecule has 0 radical (unpaired) electrons. The number of fused-ring (bicyclic) bond motifs is 1. The minimum Gasteiger partial charge on any atom is -0.394 e. The number of rotatable bonds is 11. The van der Waals surface area contributed by atoms with Crippen LogP contribution in [-0.4, -0.2) is 92.4 Å². The number of carbonyl (C=O) groups excluding carboxylic acids is 3. The highest BCUT2D eigenvalue weighted by atomic mass is 32.2. The average molecular weight is 492 g/mol. The molecule has 1 spiro atoms. The van der Waals surface area contributed by atoms with Gasteiger partial charge in [0.1, 0.15) is 6.04 Å². The van der Waals surface area contributed by atoms with E-state index in [-0.39, 0.29) is 41.5 Å². The number of nitrogens with zero attached hydrogens (tertiary/aromatic N) is 3. The van der Waals surface area contributed by atoms with E-state index in [1.54, 1.807) is 47.7 Å². The fraction of sp³-hybridized carbons (Fsp3) is 0.731. The molecule has 3 aliphatic heterocycles. The van der Waals surface area contributed by atoms with Crippen molar-refractivity contribution in [2.24, 2.45) is 17.8 Å². The van der Waals surface area contributed by atoms with E-state index in [1.165, 1.54) is 0 Å². The van der Waals surface area contributed by atoms with Gasteiger partial charge >= 0.3 is 0 Å². The summed E-state index contributed by atoms with van der Waals surface area (Å²) >= 11 is 1.67. The van der Waals surface area contributed by atoms with Gasteiger partial charge in [-0.1, -0.05) is 32.4 Å². The van der Waals surface area contributed by atoms with Crippen molar-refractivity contribution in [1.82, 2.24) is 14.7 Å². The summed E-state index contributed by atoms with van der Waals surface area (Å²) in [6.45, 7) is 16.2. The van der Waals surface area contributed by atoms with E-state index < -0.39 is 28.7 Å². The average Bonchev–Trinajstić information content (AvgIpc) is 3.40. The maximum Gasteiger partial charge on any atom is 0.247 e. The predicted molar refractivity (Wildman–Crippen MR) is 136 cm³/mol. The molecule has 0 aromatic carbocycles. The Bertz CT molecular complexity index is 835. The minimum absolute atomic E-state index is 0.00222. The van der Waals surface area contributed by atoms with Crippen LogP contribution in [0.3, 0.4) is 0 Å². The normalized spacial score (nSPS) is 33.4. The molecule has 3 saturated heterocycles. The number of carbonyl (C=O) groups is 3. The number of hydrogen-bond acceptors (Lipinski definition) is 5. The van der Waals surface area contributed by atoms with Crippen LogP contribution in [-0.2, 0) is 14.4 Å². The fourth-order valence-corrected chi connectivity index (χ4v) is 8.87. The largest absolute Gasteiger partial charge is 0.394 e. The standard InChI is InChI=1S/C26H41N3O4S/c1-8-11-17(5)28(13-10-3)25(33)22-26-16(4)14-19(34-26)20(23(31)27(7)12-9-2)21(26)24(32)29(22)18(6)15-30/h9-10,16-22,30H,2-3,8,11-15H2,1,4-7H3/t16?,17?,18-,19-,20+,21+,22?,26?/m1/s1. The number of likely N-dealkylation sites (N-methyl/N-ethyl adjacent to an activating group) is 1. The Balaban J connectivity index is 2.11. The molecule has 7 nitrogen and oxygen atoms in total. The molecule has 190 valence electrons. The molecule has 3 aliphatic rings. The van der Waals surface area contributed by atoms with Gasteiger partial charge in [0.15, 0.2) is 0 Å². The van der Waals surface area contributed by atoms with E-state index in [0.29, 0.717) is 13.1 Å². The monoisotopic (exact) mass is 491 g/mol. The molecule has 1 N–H and O–H groups in total. The second-order valence-corrected chi connectivity index (χ2v) is 11.8. The second kappa shape index (κ2) is 10.4. The maximum atomic E-state index is 14.3. The highest BCUT2D eigenvalue weighted by Crippen LogP contribution is 2.69. The quantitative estimate of drug-likeness (QED) is 0.449. The van der Waals surface area contributed by atoms with Crippen LogP contribution in [0.4, 0.5) is 0 Å². The summed E-state index contributed by atoms with van der Waals surface area (Å²) in [6.07, 6.45) is 6.00. The molecule has 0 aromatic rings. The first-order valence-electron chi connectivity index (χ1n) is 12.5. The topological polar surface area (TPSA) is 81.2 Å².